The molecule has 0 aliphatic heterocycles. The van der Waals surface area contributed by atoms with Crippen LogP contribution in [-0.2, 0) is 0 Å². The Labute approximate surface area is 81.9 Å². The lowest BCUT2D eigenvalue weighted by atomic mass is 10.1. The molecule has 1 N–H and O–H groups in total. The molecule has 0 spiro atoms. The Bertz CT molecular complexity index is 93.8. The van der Waals surface area contributed by atoms with Gasteiger partial charge in [-0.3, -0.25) is 0 Å². The van der Waals surface area contributed by atoms with E-state index in [0.29, 0.717) is 11.3 Å². The molecule has 0 aromatic heterocycles. The number of alkyl halides is 1. The summed E-state index contributed by atoms with van der Waals surface area (Å²) >= 11 is 6.09. The number of hydrogen-bond acceptors (Lipinski definition) is 1. The Balaban J connectivity index is 3.14. The normalized spacial score (nSPS) is 13.8. The highest BCUT2D eigenvalue weighted by molar-refractivity contribution is 6.20. The summed E-state index contributed by atoms with van der Waals surface area (Å²) in [5, 5.41) is 3.67. The average Bonchev–Trinajstić information content (AvgIpc) is 1.97. The van der Waals surface area contributed by atoms with Crippen LogP contribution in [0.2, 0.25) is 0 Å². The van der Waals surface area contributed by atoms with Crippen molar-refractivity contribution in [3.8, 4) is 0 Å². The van der Waals surface area contributed by atoms with E-state index >= 15 is 0 Å². The molecule has 12 heavy (non-hydrogen) atoms. The van der Waals surface area contributed by atoms with Gasteiger partial charge >= 0.3 is 0 Å². The molecule has 1 unspecified atom stereocenters. The van der Waals surface area contributed by atoms with Gasteiger partial charge in [-0.1, -0.05) is 27.2 Å². The highest BCUT2D eigenvalue weighted by atomic mass is 35.5. The molecule has 0 fully saturated rings. The lowest BCUT2D eigenvalue weighted by Gasteiger charge is -2.12. The van der Waals surface area contributed by atoms with Crippen molar-refractivity contribution in [2.45, 2.75) is 45.4 Å². The van der Waals surface area contributed by atoms with Gasteiger partial charge in [-0.05, 0) is 25.3 Å². The maximum atomic E-state index is 6.09. The number of halogens is 1. The molecule has 0 saturated heterocycles. The van der Waals surface area contributed by atoms with Gasteiger partial charge in [0.2, 0.25) is 0 Å². The summed E-state index contributed by atoms with van der Waals surface area (Å²) in [5.74, 6) is 0.709. The van der Waals surface area contributed by atoms with Crippen LogP contribution in [-0.4, -0.2) is 18.5 Å². The molecule has 0 radical (unpaired) electrons. The highest BCUT2D eigenvalue weighted by Gasteiger charge is 2.05. The van der Waals surface area contributed by atoms with Gasteiger partial charge < -0.3 is 5.32 Å². The predicted molar refractivity (Wildman–Crippen MR) is 56.9 cm³/mol. The Morgan fingerprint density at radius 3 is 2.50 bits per heavy atom. The third-order valence-electron chi connectivity index (χ3n) is 1.80. The summed E-state index contributed by atoms with van der Waals surface area (Å²) < 4.78 is 0. The van der Waals surface area contributed by atoms with Crippen LogP contribution >= 0.6 is 11.6 Å². The molecule has 0 amide bonds. The van der Waals surface area contributed by atoms with Gasteiger partial charge in [0, 0.05) is 11.9 Å². The summed E-state index contributed by atoms with van der Waals surface area (Å²) in [6, 6.07) is 0. The average molecular weight is 192 g/mol. The van der Waals surface area contributed by atoms with Crippen LogP contribution in [0.1, 0.15) is 40.0 Å². The summed E-state index contributed by atoms with van der Waals surface area (Å²) in [4.78, 5) is 0. The van der Waals surface area contributed by atoms with Gasteiger partial charge in [0.15, 0.2) is 0 Å². The van der Waals surface area contributed by atoms with Gasteiger partial charge in [0.1, 0.15) is 0 Å². The second-order valence-electron chi connectivity index (χ2n) is 3.78. The van der Waals surface area contributed by atoms with E-state index in [4.69, 9.17) is 11.6 Å². The molecule has 1 atom stereocenters. The van der Waals surface area contributed by atoms with Crippen molar-refractivity contribution in [1.82, 2.24) is 5.32 Å². The minimum absolute atomic E-state index is 0.307. The first-order chi connectivity index (χ1) is 5.66. The van der Waals surface area contributed by atoms with Crippen molar-refractivity contribution in [2.24, 2.45) is 5.92 Å². The summed E-state index contributed by atoms with van der Waals surface area (Å²) in [6.45, 7) is 8.69. The van der Waals surface area contributed by atoms with E-state index in [0.717, 1.165) is 19.5 Å². The molecule has 2 heteroatoms. The monoisotopic (exact) mass is 191 g/mol. The molecular formula is C10H22ClN. The third kappa shape index (κ3) is 8.35. The van der Waals surface area contributed by atoms with Gasteiger partial charge in [0.05, 0.1) is 0 Å². The highest BCUT2D eigenvalue weighted by Crippen LogP contribution is 2.09. The summed E-state index contributed by atoms with van der Waals surface area (Å²) in [6.07, 6.45) is 3.62. The fourth-order valence-corrected chi connectivity index (χ4v) is 1.62. The zero-order chi connectivity index (χ0) is 9.40. The Hall–Kier alpha value is 0.250. The van der Waals surface area contributed by atoms with Gasteiger partial charge in [-0.2, -0.15) is 0 Å². The van der Waals surface area contributed by atoms with E-state index in [2.05, 4.69) is 26.1 Å². The van der Waals surface area contributed by atoms with E-state index in [9.17, 15) is 0 Å². The lowest BCUT2D eigenvalue weighted by Crippen LogP contribution is -2.25. The van der Waals surface area contributed by atoms with Crippen molar-refractivity contribution in [2.75, 3.05) is 13.1 Å². The van der Waals surface area contributed by atoms with E-state index < -0.39 is 0 Å². The lowest BCUT2D eigenvalue weighted by molar-refractivity contribution is 0.529. The number of unbranched alkanes of at least 4 members (excludes halogenated alkanes) is 1. The smallest absolute Gasteiger partial charge is 0.0463 e. The standard InChI is InChI=1S/C10H22ClN/c1-4-5-6-12-8-10(11)7-9(2)3/h9-10,12H,4-8H2,1-3H3. The van der Waals surface area contributed by atoms with Crippen LogP contribution in [0.15, 0.2) is 0 Å². The van der Waals surface area contributed by atoms with Crippen molar-refractivity contribution in [1.29, 1.82) is 0 Å². The molecule has 0 aliphatic rings. The molecule has 0 rings (SSSR count). The number of nitrogens with one attached hydrogen (secondary N) is 1. The van der Waals surface area contributed by atoms with Gasteiger partial charge in [-0.15, -0.1) is 11.6 Å². The molecule has 1 nitrogen and oxygen atoms in total. The molecule has 0 aliphatic carbocycles. The summed E-state index contributed by atoms with van der Waals surface area (Å²) in [7, 11) is 0. The minimum Gasteiger partial charge on any atom is -0.315 e. The third-order valence-corrected chi connectivity index (χ3v) is 2.13. The Morgan fingerprint density at radius 1 is 1.33 bits per heavy atom. The van der Waals surface area contributed by atoms with E-state index in [-0.39, 0.29) is 0 Å². The van der Waals surface area contributed by atoms with E-state index in [1.807, 2.05) is 0 Å². The molecular weight excluding hydrogens is 170 g/mol. The number of hydrogen-bond donors (Lipinski definition) is 1. The minimum atomic E-state index is 0.307. The molecule has 0 bridgehead atoms. The second kappa shape index (κ2) is 7.88. The van der Waals surface area contributed by atoms with Crippen LogP contribution < -0.4 is 5.32 Å². The second-order valence-corrected chi connectivity index (χ2v) is 4.40. The summed E-state index contributed by atoms with van der Waals surface area (Å²) in [5.41, 5.74) is 0. The predicted octanol–water partition coefficient (Wildman–Crippen LogP) is 3.03. The van der Waals surface area contributed by atoms with Crippen molar-refractivity contribution >= 4 is 11.6 Å². The molecule has 0 saturated carbocycles. The quantitative estimate of drug-likeness (QED) is 0.482. The first-order valence-corrected chi connectivity index (χ1v) is 5.45. The van der Waals surface area contributed by atoms with E-state index in [1.54, 1.807) is 0 Å². The Morgan fingerprint density at radius 2 is 2.00 bits per heavy atom. The molecule has 0 aromatic carbocycles. The number of rotatable bonds is 7. The fraction of sp³-hybridized carbons (Fsp3) is 1.00. The fourth-order valence-electron chi connectivity index (χ4n) is 1.16. The van der Waals surface area contributed by atoms with Crippen LogP contribution in [0.5, 0.6) is 0 Å². The first-order valence-electron chi connectivity index (χ1n) is 5.01. The molecule has 0 heterocycles. The van der Waals surface area contributed by atoms with Crippen LogP contribution in [0.4, 0.5) is 0 Å². The maximum absolute atomic E-state index is 6.09. The molecule has 74 valence electrons. The Kier molecular flexibility index (Phi) is 8.04. The van der Waals surface area contributed by atoms with E-state index in [1.165, 1.54) is 12.8 Å². The van der Waals surface area contributed by atoms with Gasteiger partial charge in [0.25, 0.3) is 0 Å². The SMILES string of the molecule is CCCCNCC(Cl)CC(C)C. The zero-order valence-corrected chi connectivity index (χ0v) is 9.32. The van der Waals surface area contributed by atoms with Crippen LogP contribution in [0.25, 0.3) is 0 Å². The zero-order valence-electron chi connectivity index (χ0n) is 8.57. The van der Waals surface area contributed by atoms with Gasteiger partial charge in [-0.25, -0.2) is 0 Å². The molecule has 0 aromatic rings. The van der Waals surface area contributed by atoms with Crippen molar-refractivity contribution < 1.29 is 0 Å². The van der Waals surface area contributed by atoms with Crippen LogP contribution in [0.3, 0.4) is 0 Å². The van der Waals surface area contributed by atoms with Crippen molar-refractivity contribution in [3.05, 3.63) is 0 Å². The largest absolute Gasteiger partial charge is 0.315 e. The first kappa shape index (κ1) is 12.2. The topological polar surface area (TPSA) is 12.0 Å². The van der Waals surface area contributed by atoms with Crippen molar-refractivity contribution in [3.63, 3.8) is 0 Å². The van der Waals surface area contributed by atoms with Crippen LogP contribution in [0, 0.1) is 5.92 Å². The maximum Gasteiger partial charge on any atom is 0.0463 e.